The Labute approximate surface area is 182 Å². The van der Waals surface area contributed by atoms with E-state index in [2.05, 4.69) is 5.32 Å². The maximum Gasteiger partial charge on any atom is 0.308 e. The molecule has 3 aromatic rings. The van der Waals surface area contributed by atoms with Gasteiger partial charge in [-0.1, -0.05) is 90.5 Å². The van der Waals surface area contributed by atoms with Gasteiger partial charge in [0.15, 0.2) is 0 Å². The first kappa shape index (κ1) is 20.6. The van der Waals surface area contributed by atoms with Gasteiger partial charge in [0, 0.05) is 17.5 Å². The molecule has 4 rings (SSSR count). The van der Waals surface area contributed by atoms with Crippen LogP contribution in [0.25, 0.3) is 0 Å². The lowest BCUT2D eigenvalue weighted by Crippen LogP contribution is -2.42. The number of rotatable bonds is 5. The first-order valence-electron chi connectivity index (χ1n) is 10.4. The molecule has 0 fully saturated rings. The van der Waals surface area contributed by atoms with E-state index < -0.39 is 17.8 Å². The van der Waals surface area contributed by atoms with Crippen molar-refractivity contribution in [3.05, 3.63) is 114 Å². The predicted molar refractivity (Wildman–Crippen MR) is 122 cm³/mol. The number of carboxylic acid groups (broad SMARTS) is 1. The van der Waals surface area contributed by atoms with Crippen LogP contribution in [0, 0.1) is 18.8 Å². The van der Waals surface area contributed by atoms with Crippen LogP contribution < -0.4 is 5.32 Å². The summed E-state index contributed by atoms with van der Waals surface area (Å²) in [5, 5.41) is 13.2. The van der Waals surface area contributed by atoms with Crippen molar-refractivity contribution in [2.45, 2.75) is 18.8 Å². The number of carbonyl (C=O) groups is 2. The Kier molecular flexibility index (Phi) is 5.99. The topological polar surface area (TPSA) is 66.4 Å². The van der Waals surface area contributed by atoms with Crippen molar-refractivity contribution < 1.29 is 14.7 Å². The normalized spacial score (nSPS) is 22.6. The van der Waals surface area contributed by atoms with E-state index in [1.807, 2.05) is 104 Å². The van der Waals surface area contributed by atoms with E-state index in [1.54, 1.807) is 0 Å². The summed E-state index contributed by atoms with van der Waals surface area (Å²) < 4.78 is 0. The highest BCUT2D eigenvalue weighted by Gasteiger charge is 2.46. The van der Waals surface area contributed by atoms with Crippen molar-refractivity contribution in [3.63, 3.8) is 0 Å². The lowest BCUT2D eigenvalue weighted by molar-refractivity contribution is -0.147. The molecule has 3 aromatic carbocycles. The molecule has 0 spiro atoms. The minimum absolute atomic E-state index is 0.282. The Morgan fingerprint density at radius 2 is 1.19 bits per heavy atom. The summed E-state index contributed by atoms with van der Waals surface area (Å²) in [6.07, 6.45) is 3.94. The van der Waals surface area contributed by atoms with Gasteiger partial charge >= 0.3 is 5.97 Å². The molecular formula is C27H25NO3. The van der Waals surface area contributed by atoms with Crippen LogP contribution in [0.2, 0.25) is 0 Å². The van der Waals surface area contributed by atoms with Gasteiger partial charge in [0.25, 0.3) is 0 Å². The molecule has 1 aliphatic rings. The third kappa shape index (κ3) is 4.43. The standard InChI is InChI=1S/C27H25NO3/c1-18-12-14-21(15-13-18)28-26(29)24-22(19-8-4-2-5-9-19)16-17-23(25(24)27(30)31)20-10-6-3-7-11-20/h2-17,22-25H,1H3,(H,28,29)(H,30,31)/t22-,23-,24+,25+/m0/s1. The molecule has 31 heavy (non-hydrogen) atoms. The van der Waals surface area contributed by atoms with Gasteiger partial charge in [0.2, 0.25) is 5.91 Å². The van der Waals surface area contributed by atoms with Gasteiger partial charge in [-0.25, -0.2) is 0 Å². The van der Waals surface area contributed by atoms with E-state index in [0.717, 1.165) is 16.7 Å². The lowest BCUT2D eigenvalue weighted by Gasteiger charge is -2.37. The van der Waals surface area contributed by atoms with Crippen LogP contribution in [0.5, 0.6) is 0 Å². The van der Waals surface area contributed by atoms with Crippen LogP contribution in [0.1, 0.15) is 28.5 Å². The number of aryl methyl sites for hydroxylation is 1. The SMILES string of the molecule is Cc1ccc(NC(=O)[C@H]2[C@H](C(=O)O)[C@H](c3ccccc3)C=C[C@H]2c2ccccc2)cc1. The molecule has 0 aromatic heterocycles. The second-order valence-electron chi connectivity index (χ2n) is 8.00. The quantitative estimate of drug-likeness (QED) is 0.553. The molecule has 2 N–H and O–H groups in total. The Bertz CT molecular complexity index is 1070. The maximum atomic E-state index is 13.5. The van der Waals surface area contributed by atoms with E-state index in [1.165, 1.54) is 0 Å². The molecular weight excluding hydrogens is 386 g/mol. The minimum atomic E-state index is -0.969. The Morgan fingerprint density at radius 3 is 1.68 bits per heavy atom. The van der Waals surface area contributed by atoms with E-state index in [9.17, 15) is 14.7 Å². The Balaban J connectivity index is 1.76. The van der Waals surface area contributed by atoms with E-state index >= 15 is 0 Å². The zero-order chi connectivity index (χ0) is 21.8. The summed E-state index contributed by atoms with van der Waals surface area (Å²) in [6.45, 7) is 1.98. The monoisotopic (exact) mass is 411 g/mol. The van der Waals surface area contributed by atoms with Crippen molar-refractivity contribution in [2.75, 3.05) is 5.32 Å². The van der Waals surface area contributed by atoms with Gasteiger partial charge in [-0.2, -0.15) is 0 Å². The zero-order valence-electron chi connectivity index (χ0n) is 17.3. The summed E-state index contributed by atoms with van der Waals surface area (Å²) >= 11 is 0. The molecule has 0 heterocycles. The fourth-order valence-corrected chi connectivity index (χ4v) is 4.41. The van der Waals surface area contributed by atoms with Crippen molar-refractivity contribution in [3.8, 4) is 0 Å². The first-order chi connectivity index (χ1) is 15.0. The third-order valence-corrected chi connectivity index (χ3v) is 5.96. The van der Waals surface area contributed by atoms with Crippen LogP contribution in [-0.4, -0.2) is 17.0 Å². The van der Waals surface area contributed by atoms with E-state index in [-0.39, 0.29) is 17.7 Å². The largest absolute Gasteiger partial charge is 0.481 e. The summed E-state index contributed by atoms with van der Waals surface area (Å²) in [5.41, 5.74) is 3.58. The molecule has 0 saturated carbocycles. The molecule has 0 bridgehead atoms. The van der Waals surface area contributed by atoms with Crippen LogP contribution in [0.15, 0.2) is 97.1 Å². The van der Waals surface area contributed by atoms with Crippen molar-refractivity contribution >= 4 is 17.6 Å². The highest BCUT2D eigenvalue weighted by atomic mass is 16.4. The summed E-state index contributed by atoms with van der Waals surface area (Å²) in [7, 11) is 0. The van der Waals surface area contributed by atoms with Gasteiger partial charge in [-0.3, -0.25) is 9.59 Å². The average Bonchev–Trinajstić information content (AvgIpc) is 2.80. The van der Waals surface area contributed by atoms with Gasteiger partial charge < -0.3 is 10.4 Å². The third-order valence-electron chi connectivity index (χ3n) is 5.96. The smallest absolute Gasteiger partial charge is 0.308 e. The lowest BCUT2D eigenvalue weighted by atomic mass is 9.66. The number of nitrogens with one attached hydrogen (secondary N) is 1. The van der Waals surface area contributed by atoms with Gasteiger partial charge in [0.1, 0.15) is 0 Å². The molecule has 0 aliphatic heterocycles. The second-order valence-corrected chi connectivity index (χ2v) is 8.00. The fourth-order valence-electron chi connectivity index (χ4n) is 4.41. The minimum Gasteiger partial charge on any atom is -0.481 e. The zero-order valence-corrected chi connectivity index (χ0v) is 17.3. The van der Waals surface area contributed by atoms with Crippen LogP contribution in [-0.2, 0) is 9.59 Å². The molecule has 4 heteroatoms. The number of carbonyl (C=O) groups excluding carboxylic acids is 1. The highest BCUT2D eigenvalue weighted by molar-refractivity contribution is 5.96. The van der Waals surface area contributed by atoms with Gasteiger partial charge in [0.05, 0.1) is 11.8 Å². The summed E-state index contributed by atoms with van der Waals surface area (Å²) in [6, 6.07) is 26.7. The molecule has 156 valence electrons. The van der Waals surface area contributed by atoms with Crippen molar-refractivity contribution in [1.82, 2.24) is 0 Å². The number of allylic oxidation sites excluding steroid dienone is 2. The van der Waals surface area contributed by atoms with E-state index in [0.29, 0.717) is 5.69 Å². The van der Waals surface area contributed by atoms with Gasteiger partial charge in [-0.15, -0.1) is 0 Å². The predicted octanol–water partition coefficient (Wildman–Crippen LogP) is 5.39. The van der Waals surface area contributed by atoms with Gasteiger partial charge in [-0.05, 0) is 30.2 Å². The van der Waals surface area contributed by atoms with Crippen LogP contribution in [0.3, 0.4) is 0 Å². The average molecular weight is 412 g/mol. The van der Waals surface area contributed by atoms with E-state index in [4.69, 9.17) is 0 Å². The van der Waals surface area contributed by atoms with Crippen LogP contribution in [0.4, 0.5) is 5.69 Å². The number of hydrogen-bond donors (Lipinski definition) is 2. The number of benzene rings is 3. The summed E-state index contributed by atoms with van der Waals surface area (Å²) in [5.74, 6) is -3.60. The Morgan fingerprint density at radius 1 is 0.710 bits per heavy atom. The fraction of sp³-hybridized carbons (Fsp3) is 0.185. The molecule has 1 amide bonds. The number of hydrogen-bond acceptors (Lipinski definition) is 2. The molecule has 1 aliphatic carbocycles. The molecule has 0 radical (unpaired) electrons. The number of carboxylic acids is 1. The second kappa shape index (κ2) is 9.00. The first-order valence-corrected chi connectivity index (χ1v) is 10.4. The molecule has 0 saturated heterocycles. The highest BCUT2D eigenvalue weighted by Crippen LogP contribution is 2.45. The number of anilines is 1. The molecule has 4 atom stereocenters. The molecule has 0 unspecified atom stereocenters. The summed E-state index contributed by atoms with van der Waals surface area (Å²) in [4.78, 5) is 26.0. The number of aliphatic carboxylic acids is 1. The van der Waals surface area contributed by atoms with Crippen molar-refractivity contribution in [1.29, 1.82) is 0 Å². The van der Waals surface area contributed by atoms with Crippen LogP contribution >= 0.6 is 0 Å². The Hall–Kier alpha value is -3.66. The maximum absolute atomic E-state index is 13.5. The molecule has 4 nitrogen and oxygen atoms in total. The van der Waals surface area contributed by atoms with Crippen molar-refractivity contribution in [2.24, 2.45) is 11.8 Å². The number of amides is 1.